The van der Waals surface area contributed by atoms with Gasteiger partial charge in [-0.25, -0.2) is 0 Å². The second-order valence-electron chi connectivity index (χ2n) is 19.7. The number of H-pyrrole nitrogens is 1. The second kappa shape index (κ2) is 15.9. The minimum Gasteiger partial charge on any atom is -0.496 e. The van der Waals surface area contributed by atoms with Gasteiger partial charge in [-0.2, -0.15) is 0 Å². The molecule has 6 heterocycles. The number of likely N-dealkylation sites (N-methyl/N-ethyl adjacent to an activating group) is 1. The summed E-state index contributed by atoms with van der Waals surface area (Å²) in [6, 6.07) is 19.1. The van der Waals surface area contributed by atoms with E-state index >= 15 is 4.79 Å². The Morgan fingerprint density at radius 1 is 1.00 bits per heavy atom. The van der Waals surface area contributed by atoms with E-state index in [4.69, 9.17) is 14.2 Å². The van der Waals surface area contributed by atoms with E-state index in [1.807, 2.05) is 38.2 Å². The summed E-state index contributed by atoms with van der Waals surface area (Å²) in [6.07, 6.45) is 9.05. The van der Waals surface area contributed by atoms with Gasteiger partial charge in [-0.1, -0.05) is 73.5 Å². The third-order valence-corrected chi connectivity index (χ3v) is 16.5. The minimum atomic E-state index is -1.80. The fourth-order valence-corrected chi connectivity index (χ4v) is 14.1. The van der Waals surface area contributed by atoms with Crippen LogP contribution in [0.5, 0.6) is 5.75 Å². The van der Waals surface area contributed by atoms with Gasteiger partial charge in [0.1, 0.15) is 22.9 Å². The number of aliphatic hydroxyl groups is 1. The quantitative estimate of drug-likeness (QED) is 0.129. The van der Waals surface area contributed by atoms with Crippen molar-refractivity contribution in [1.29, 1.82) is 0 Å². The Labute approximate surface area is 382 Å². The number of carbonyl (C=O) groups excluding carboxylic acids is 3. The summed E-state index contributed by atoms with van der Waals surface area (Å²) < 4.78 is 19.0. The number of aromatic amines is 1. The zero-order valence-corrected chi connectivity index (χ0v) is 38.8. The van der Waals surface area contributed by atoms with E-state index in [0.29, 0.717) is 37.1 Å². The molecule has 1 aromatic heterocycles. The van der Waals surface area contributed by atoms with Crippen molar-refractivity contribution in [1.82, 2.24) is 20.1 Å². The van der Waals surface area contributed by atoms with Crippen molar-refractivity contribution in [3.8, 4) is 5.75 Å². The Bertz CT molecular complexity index is 2650. The number of benzene rings is 3. The maximum atomic E-state index is 15.5. The number of hydrogen-bond acceptors (Lipinski definition) is 10. The zero-order valence-electron chi connectivity index (χ0n) is 38.8. The number of aryl methyl sites for hydroxylation is 1. The number of nitrogens with one attached hydrogen (secondary N) is 2. The van der Waals surface area contributed by atoms with Gasteiger partial charge in [0.2, 0.25) is 0 Å². The molecule has 65 heavy (non-hydrogen) atoms. The fourth-order valence-electron chi connectivity index (χ4n) is 14.1. The molecule has 4 aromatic rings. The summed E-state index contributed by atoms with van der Waals surface area (Å²) in [6.45, 7) is 11.5. The molecule has 2 fully saturated rings. The Hall–Kier alpha value is -5.43. The molecule has 1 amide bonds. The molecule has 3 N–H and O–H groups in total. The summed E-state index contributed by atoms with van der Waals surface area (Å²) in [5, 5.41) is 18.2. The SMILES string of the molecule is CCC1=C[C@@H]2CN(CCc3c([nH]c4ccccc34)[C@@](C(=O)OC)(c3cc4c(cc3OC)N(C)[C@H]3[C@@](O)(CNC(=O)c5cccc(C)c5)[C@H](OC(C)=O)[C@]5(CC)C=CCN6CC[C@]43[C@@H]65)C2)C1. The minimum absolute atomic E-state index is 0.0289. The molecule has 0 radical (unpaired) electrons. The number of carbonyl (C=O) groups is 3. The number of nitrogens with zero attached hydrogens (tertiary/aromatic N) is 3. The van der Waals surface area contributed by atoms with Gasteiger partial charge < -0.3 is 34.5 Å². The lowest BCUT2D eigenvalue weighted by molar-refractivity contribution is -0.216. The van der Waals surface area contributed by atoms with E-state index in [-0.39, 0.29) is 30.4 Å². The first-order valence-corrected chi connectivity index (χ1v) is 23.5. The van der Waals surface area contributed by atoms with Crippen LogP contribution in [0.2, 0.25) is 0 Å². The molecule has 12 nitrogen and oxygen atoms in total. The van der Waals surface area contributed by atoms with Crippen LogP contribution in [0.25, 0.3) is 10.9 Å². The number of ether oxygens (including phenoxy) is 3. The number of rotatable bonds is 9. The molecule has 12 heteroatoms. The molecule has 3 aromatic carbocycles. The number of methoxy groups -OCH3 is 2. The normalized spacial score (nSPS) is 32.2. The van der Waals surface area contributed by atoms with Gasteiger partial charge in [0.15, 0.2) is 0 Å². The van der Waals surface area contributed by atoms with Crippen molar-refractivity contribution in [2.45, 2.75) is 94.4 Å². The van der Waals surface area contributed by atoms with Crippen molar-refractivity contribution in [3.05, 3.63) is 118 Å². The van der Waals surface area contributed by atoms with Gasteiger partial charge in [0.25, 0.3) is 5.91 Å². The van der Waals surface area contributed by atoms with Crippen LogP contribution in [-0.4, -0.2) is 122 Å². The van der Waals surface area contributed by atoms with Crippen molar-refractivity contribution in [3.63, 3.8) is 0 Å². The summed E-state index contributed by atoms with van der Waals surface area (Å²) in [5.41, 5.74) is 3.52. The highest BCUT2D eigenvalue weighted by Gasteiger charge is 2.78. The lowest BCUT2D eigenvalue weighted by Gasteiger charge is -2.64. The Morgan fingerprint density at radius 2 is 1.82 bits per heavy atom. The third kappa shape index (κ3) is 6.22. The molecule has 1 aliphatic carbocycles. The van der Waals surface area contributed by atoms with Crippen LogP contribution in [0.4, 0.5) is 5.69 Å². The van der Waals surface area contributed by atoms with Crippen LogP contribution in [0.1, 0.15) is 84.8 Å². The summed E-state index contributed by atoms with van der Waals surface area (Å²) in [5.74, 6) is -0.614. The molecular weight excluding hydrogens is 819 g/mol. The number of anilines is 1. The van der Waals surface area contributed by atoms with E-state index < -0.39 is 40.0 Å². The smallest absolute Gasteiger partial charge is 0.322 e. The first-order valence-electron chi connectivity index (χ1n) is 23.5. The highest BCUT2D eigenvalue weighted by atomic mass is 16.6. The number of esters is 2. The van der Waals surface area contributed by atoms with Gasteiger partial charge in [-0.05, 0) is 86.9 Å². The van der Waals surface area contributed by atoms with Crippen LogP contribution >= 0.6 is 0 Å². The fraction of sp³-hybridized carbons (Fsp3) is 0.491. The summed E-state index contributed by atoms with van der Waals surface area (Å²) >= 11 is 0. The Morgan fingerprint density at radius 3 is 2.55 bits per heavy atom. The molecule has 6 aliphatic rings. The van der Waals surface area contributed by atoms with E-state index in [1.54, 1.807) is 13.2 Å². The highest BCUT2D eigenvalue weighted by molar-refractivity contribution is 5.95. The van der Waals surface area contributed by atoms with Crippen LogP contribution in [-0.2, 0) is 36.3 Å². The molecule has 342 valence electrons. The topological polar surface area (TPSA) is 137 Å². The third-order valence-electron chi connectivity index (χ3n) is 16.5. The van der Waals surface area contributed by atoms with Gasteiger partial charge in [-0.3, -0.25) is 24.2 Å². The summed E-state index contributed by atoms with van der Waals surface area (Å²) in [7, 11) is 5.14. The van der Waals surface area contributed by atoms with Crippen molar-refractivity contribution >= 4 is 34.4 Å². The van der Waals surface area contributed by atoms with Gasteiger partial charge in [0.05, 0.1) is 26.8 Å². The highest BCUT2D eigenvalue weighted by Crippen LogP contribution is 2.68. The van der Waals surface area contributed by atoms with Crippen LogP contribution in [0.15, 0.2) is 84.5 Å². The number of hydrogen-bond donors (Lipinski definition) is 3. The van der Waals surface area contributed by atoms with Gasteiger partial charge >= 0.3 is 11.9 Å². The van der Waals surface area contributed by atoms with E-state index in [0.717, 1.165) is 83.6 Å². The Balaban J connectivity index is 1.23. The van der Waals surface area contributed by atoms with Gasteiger partial charge in [0, 0.05) is 96.5 Å². The number of fused-ring (bicyclic) bond motifs is 6. The van der Waals surface area contributed by atoms with E-state index in [2.05, 4.69) is 87.4 Å². The maximum absolute atomic E-state index is 15.5. The predicted octanol–water partition coefficient (Wildman–Crippen LogP) is 6.36. The molecule has 1 saturated carbocycles. The average Bonchev–Trinajstić information content (AvgIpc) is 3.97. The number of aromatic nitrogens is 1. The largest absolute Gasteiger partial charge is 0.496 e. The molecule has 10 rings (SSSR count). The maximum Gasteiger partial charge on any atom is 0.322 e. The molecule has 1 spiro atoms. The van der Waals surface area contributed by atoms with Crippen molar-refractivity contribution < 1.29 is 33.7 Å². The van der Waals surface area contributed by atoms with Crippen LogP contribution < -0.4 is 15.0 Å². The van der Waals surface area contributed by atoms with E-state index in [9.17, 15) is 14.7 Å². The number of para-hydroxylation sites is 1. The van der Waals surface area contributed by atoms with Crippen LogP contribution in [0.3, 0.4) is 0 Å². The van der Waals surface area contributed by atoms with E-state index in [1.165, 1.54) is 19.6 Å². The summed E-state index contributed by atoms with van der Waals surface area (Å²) in [4.78, 5) is 53.8. The standard InChI is InChI=1S/C53H63N5O7/c1-8-34-25-35-28-52(49(61)64-7,44-38(18-22-57(29-34)30-35)37-16-10-11-17-41(37)55-44)40-26-39-42(27-43(40)63-6)56(5)47-51(39)20-23-58-21-13-19-50(9-2,46(51)58)48(65-33(4)59)53(47,62)31-54-45(60)36-15-12-14-32(3)24-36/h10-17,19,24-27,35,46-48,55,62H,8-9,18,20-23,28-31H2,1-7H3,(H,54,60)/t35-,46-,47+,48+,50+,51+,52-,53-/m0/s1. The lowest BCUT2D eigenvalue weighted by Crippen LogP contribution is -2.81. The zero-order chi connectivity index (χ0) is 45.6. The first-order chi connectivity index (χ1) is 31.3. The predicted molar refractivity (Wildman–Crippen MR) is 250 cm³/mol. The molecule has 5 aliphatic heterocycles. The Kier molecular flexibility index (Phi) is 10.6. The molecule has 2 bridgehead atoms. The van der Waals surface area contributed by atoms with Crippen LogP contribution in [0, 0.1) is 18.3 Å². The average molecular weight is 882 g/mol. The molecular formula is C53H63N5O7. The molecule has 9 atom stereocenters. The molecule has 1 unspecified atom stereocenters. The second-order valence-corrected chi connectivity index (χ2v) is 19.7. The lowest BCUT2D eigenvalue weighted by atomic mass is 9.47. The monoisotopic (exact) mass is 881 g/mol. The van der Waals surface area contributed by atoms with Crippen molar-refractivity contribution in [2.24, 2.45) is 11.3 Å². The van der Waals surface area contributed by atoms with Crippen molar-refractivity contribution in [2.75, 3.05) is 65.4 Å². The molecule has 1 saturated heterocycles. The number of amides is 1. The van der Waals surface area contributed by atoms with Gasteiger partial charge in [-0.15, -0.1) is 0 Å². The first kappa shape index (κ1) is 43.5.